The first kappa shape index (κ1) is 15.6. The number of furan rings is 1. The zero-order chi connectivity index (χ0) is 16.9. The van der Waals surface area contributed by atoms with Crippen molar-refractivity contribution in [1.29, 1.82) is 0 Å². The van der Waals surface area contributed by atoms with Gasteiger partial charge >= 0.3 is 0 Å². The highest BCUT2D eigenvalue weighted by atomic mass is 16.3. The summed E-state index contributed by atoms with van der Waals surface area (Å²) in [5, 5.41) is 2.87. The summed E-state index contributed by atoms with van der Waals surface area (Å²) in [6.45, 7) is 2.28. The minimum Gasteiger partial charge on any atom is -0.456 e. The number of aryl methyl sites for hydroxylation is 1. The second-order valence-corrected chi connectivity index (χ2v) is 5.21. The minimum atomic E-state index is -0.328. The SMILES string of the molecule is C#CCn1cnc(-c2ccccc2)c1NC(=O)c1ccc(CC)o1. The van der Waals surface area contributed by atoms with E-state index < -0.39 is 0 Å². The van der Waals surface area contributed by atoms with Crippen molar-refractivity contribution in [3.05, 3.63) is 60.3 Å². The first-order valence-corrected chi connectivity index (χ1v) is 7.67. The molecule has 1 N–H and O–H groups in total. The van der Waals surface area contributed by atoms with Crippen molar-refractivity contribution < 1.29 is 9.21 Å². The quantitative estimate of drug-likeness (QED) is 0.731. The molecule has 2 aromatic heterocycles. The molecule has 5 nitrogen and oxygen atoms in total. The van der Waals surface area contributed by atoms with Gasteiger partial charge in [-0.3, -0.25) is 4.79 Å². The highest BCUT2D eigenvalue weighted by Crippen LogP contribution is 2.27. The summed E-state index contributed by atoms with van der Waals surface area (Å²) in [7, 11) is 0. The molecule has 3 rings (SSSR count). The van der Waals surface area contributed by atoms with E-state index in [1.807, 2.05) is 37.3 Å². The third-order valence-electron chi connectivity index (χ3n) is 3.61. The summed E-state index contributed by atoms with van der Waals surface area (Å²) in [4.78, 5) is 16.9. The molecule has 3 aromatic rings. The van der Waals surface area contributed by atoms with Crippen molar-refractivity contribution in [2.45, 2.75) is 19.9 Å². The number of carbonyl (C=O) groups excluding carboxylic acids is 1. The van der Waals surface area contributed by atoms with Crippen LogP contribution in [0.1, 0.15) is 23.2 Å². The Balaban J connectivity index is 1.95. The van der Waals surface area contributed by atoms with Crippen LogP contribution in [0.3, 0.4) is 0 Å². The zero-order valence-corrected chi connectivity index (χ0v) is 13.3. The van der Waals surface area contributed by atoms with Crippen LogP contribution in [0.15, 0.2) is 53.2 Å². The number of carbonyl (C=O) groups is 1. The molecule has 0 spiro atoms. The summed E-state index contributed by atoms with van der Waals surface area (Å²) >= 11 is 0. The Labute approximate surface area is 140 Å². The van der Waals surface area contributed by atoms with Crippen LogP contribution in [0.2, 0.25) is 0 Å². The van der Waals surface area contributed by atoms with Crippen molar-refractivity contribution in [2.24, 2.45) is 0 Å². The first-order valence-electron chi connectivity index (χ1n) is 7.67. The van der Waals surface area contributed by atoms with E-state index in [4.69, 9.17) is 10.8 Å². The summed E-state index contributed by atoms with van der Waals surface area (Å²) in [6.07, 6.45) is 7.77. The van der Waals surface area contributed by atoms with E-state index in [1.165, 1.54) is 0 Å². The van der Waals surface area contributed by atoms with E-state index in [1.54, 1.807) is 23.0 Å². The van der Waals surface area contributed by atoms with Crippen molar-refractivity contribution in [3.63, 3.8) is 0 Å². The van der Waals surface area contributed by atoms with Crippen LogP contribution >= 0.6 is 0 Å². The van der Waals surface area contributed by atoms with Gasteiger partial charge in [-0.2, -0.15) is 0 Å². The zero-order valence-electron chi connectivity index (χ0n) is 13.3. The van der Waals surface area contributed by atoms with Crippen molar-refractivity contribution >= 4 is 11.7 Å². The van der Waals surface area contributed by atoms with E-state index in [0.717, 1.165) is 17.7 Å². The fraction of sp³-hybridized carbons (Fsp3) is 0.158. The summed E-state index contributed by atoms with van der Waals surface area (Å²) in [5.74, 6) is 3.82. The van der Waals surface area contributed by atoms with Gasteiger partial charge in [-0.15, -0.1) is 6.42 Å². The molecular weight excluding hydrogens is 302 g/mol. The molecule has 0 bridgehead atoms. The van der Waals surface area contributed by atoms with Gasteiger partial charge in [0.1, 0.15) is 17.3 Å². The molecule has 0 saturated carbocycles. The second-order valence-electron chi connectivity index (χ2n) is 5.21. The standard InChI is InChI=1S/C19H17N3O2/c1-3-12-22-13-20-17(14-8-6-5-7-9-14)18(22)21-19(23)16-11-10-15(4-2)24-16/h1,5-11,13H,4,12H2,2H3,(H,21,23). The first-order chi connectivity index (χ1) is 11.7. The van der Waals surface area contributed by atoms with Crippen molar-refractivity contribution in [3.8, 4) is 23.6 Å². The molecule has 120 valence electrons. The van der Waals surface area contributed by atoms with Gasteiger partial charge in [-0.1, -0.05) is 43.2 Å². The number of aromatic nitrogens is 2. The van der Waals surface area contributed by atoms with Crippen LogP contribution in [-0.4, -0.2) is 15.5 Å². The number of hydrogen-bond acceptors (Lipinski definition) is 3. The largest absolute Gasteiger partial charge is 0.456 e. The van der Waals surface area contributed by atoms with Gasteiger partial charge in [0.2, 0.25) is 0 Å². The lowest BCUT2D eigenvalue weighted by molar-refractivity contribution is 0.0994. The van der Waals surface area contributed by atoms with Gasteiger partial charge < -0.3 is 14.3 Å². The maximum Gasteiger partial charge on any atom is 0.292 e. The van der Waals surface area contributed by atoms with E-state index in [2.05, 4.69) is 16.2 Å². The Morgan fingerprint density at radius 2 is 2.08 bits per heavy atom. The smallest absolute Gasteiger partial charge is 0.292 e. The lowest BCUT2D eigenvalue weighted by atomic mass is 10.1. The number of rotatable bonds is 5. The second kappa shape index (κ2) is 6.88. The van der Waals surface area contributed by atoms with Crippen LogP contribution < -0.4 is 5.32 Å². The minimum absolute atomic E-state index is 0.263. The maximum absolute atomic E-state index is 12.5. The third-order valence-corrected chi connectivity index (χ3v) is 3.61. The predicted octanol–water partition coefficient (Wildman–Crippen LogP) is 3.59. The molecule has 1 amide bonds. The van der Waals surface area contributed by atoms with Gasteiger partial charge in [-0.25, -0.2) is 4.98 Å². The molecule has 1 aromatic carbocycles. The fourth-order valence-electron chi connectivity index (χ4n) is 2.40. The number of amides is 1. The Morgan fingerprint density at radius 1 is 1.29 bits per heavy atom. The topological polar surface area (TPSA) is 60.1 Å². The Bertz CT molecular complexity index is 885. The molecule has 0 fully saturated rings. The summed E-state index contributed by atoms with van der Waals surface area (Å²) in [6, 6.07) is 13.1. The average molecular weight is 319 g/mol. The lowest BCUT2D eigenvalue weighted by Crippen LogP contribution is -2.15. The van der Waals surface area contributed by atoms with Gasteiger partial charge in [0.25, 0.3) is 5.91 Å². The number of benzene rings is 1. The van der Waals surface area contributed by atoms with Crippen LogP contribution in [0.5, 0.6) is 0 Å². The van der Waals surface area contributed by atoms with Crippen LogP contribution in [0, 0.1) is 12.3 Å². The molecular formula is C19H17N3O2. The van der Waals surface area contributed by atoms with E-state index in [0.29, 0.717) is 18.1 Å². The predicted molar refractivity (Wildman–Crippen MR) is 92.5 cm³/mol. The number of imidazole rings is 1. The van der Waals surface area contributed by atoms with Crippen LogP contribution in [0.4, 0.5) is 5.82 Å². The Kier molecular flexibility index (Phi) is 4.48. The number of nitrogens with zero attached hydrogens (tertiary/aromatic N) is 2. The molecule has 5 heteroatoms. The number of nitrogens with one attached hydrogen (secondary N) is 1. The fourth-order valence-corrected chi connectivity index (χ4v) is 2.40. The third kappa shape index (κ3) is 3.08. The molecule has 0 unspecified atom stereocenters. The monoisotopic (exact) mass is 319 g/mol. The lowest BCUT2D eigenvalue weighted by Gasteiger charge is -2.09. The Hall–Kier alpha value is -3.26. The summed E-state index contributed by atoms with van der Waals surface area (Å²) in [5.41, 5.74) is 1.57. The number of anilines is 1. The van der Waals surface area contributed by atoms with E-state index in [-0.39, 0.29) is 11.7 Å². The molecule has 24 heavy (non-hydrogen) atoms. The molecule has 0 saturated heterocycles. The van der Waals surface area contributed by atoms with Gasteiger partial charge in [0.15, 0.2) is 5.76 Å². The van der Waals surface area contributed by atoms with Crippen molar-refractivity contribution in [2.75, 3.05) is 5.32 Å². The number of terminal acetylenes is 1. The normalized spacial score (nSPS) is 10.3. The van der Waals surface area contributed by atoms with E-state index in [9.17, 15) is 4.79 Å². The molecule has 0 atom stereocenters. The van der Waals surface area contributed by atoms with Gasteiger partial charge in [-0.05, 0) is 12.1 Å². The number of hydrogen-bond donors (Lipinski definition) is 1. The molecule has 0 aliphatic heterocycles. The highest BCUT2D eigenvalue weighted by molar-refractivity contribution is 6.03. The molecule has 0 aliphatic rings. The van der Waals surface area contributed by atoms with E-state index >= 15 is 0 Å². The van der Waals surface area contributed by atoms with Gasteiger partial charge in [0, 0.05) is 12.0 Å². The van der Waals surface area contributed by atoms with Crippen LogP contribution in [0.25, 0.3) is 11.3 Å². The van der Waals surface area contributed by atoms with Gasteiger partial charge in [0.05, 0.1) is 12.9 Å². The maximum atomic E-state index is 12.5. The Morgan fingerprint density at radius 3 is 2.75 bits per heavy atom. The van der Waals surface area contributed by atoms with Crippen LogP contribution in [-0.2, 0) is 13.0 Å². The average Bonchev–Trinajstić information content (AvgIpc) is 3.24. The molecule has 0 radical (unpaired) electrons. The molecule has 2 heterocycles. The van der Waals surface area contributed by atoms with Crippen molar-refractivity contribution in [1.82, 2.24) is 9.55 Å². The molecule has 0 aliphatic carbocycles. The highest BCUT2D eigenvalue weighted by Gasteiger charge is 2.18. The summed E-state index contributed by atoms with van der Waals surface area (Å²) < 4.78 is 7.23.